The Bertz CT molecular complexity index is 532. The Hall–Kier alpha value is -2.55. The van der Waals surface area contributed by atoms with Gasteiger partial charge in [-0.3, -0.25) is 4.79 Å². The molecule has 0 saturated carbocycles. The van der Waals surface area contributed by atoms with Crippen molar-refractivity contribution >= 4 is 12.0 Å². The van der Waals surface area contributed by atoms with Crippen molar-refractivity contribution in [1.82, 2.24) is 10.6 Å². The Morgan fingerprint density at radius 3 is 2.33 bits per heavy atom. The van der Waals surface area contributed by atoms with Gasteiger partial charge in [0.05, 0.1) is 17.6 Å². The van der Waals surface area contributed by atoms with Crippen molar-refractivity contribution in [3.05, 3.63) is 35.4 Å². The van der Waals surface area contributed by atoms with Crippen LogP contribution in [0.15, 0.2) is 24.3 Å². The van der Waals surface area contributed by atoms with Crippen LogP contribution in [-0.4, -0.2) is 23.7 Å². The number of rotatable bonds is 6. The van der Waals surface area contributed by atoms with Gasteiger partial charge in [0.2, 0.25) is 0 Å². The van der Waals surface area contributed by atoms with E-state index in [9.17, 15) is 9.59 Å². The molecule has 6 nitrogen and oxygen atoms in total. The maximum atomic E-state index is 11.6. The van der Waals surface area contributed by atoms with Gasteiger partial charge >= 0.3 is 12.0 Å². The minimum Gasteiger partial charge on any atom is -0.481 e. The second-order valence-corrected chi connectivity index (χ2v) is 5.06. The molecule has 0 saturated heterocycles. The normalized spacial score (nSPS) is 11.5. The maximum Gasteiger partial charge on any atom is 0.315 e. The minimum absolute atomic E-state index is 0.0543. The molecule has 0 radical (unpaired) electrons. The molecule has 0 aromatic heterocycles. The summed E-state index contributed by atoms with van der Waals surface area (Å²) in [5, 5.41) is 22.9. The fraction of sp³-hybridized carbons (Fsp3) is 0.400. The van der Waals surface area contributed by atoms with Gasteiger partial charge in [0.25, 0.3) is 0 Å². The van der Waals surface area contributed by atoms with Crippen LogP contribution in [0, 0.1) is 23.2 Å². The number of benzene rings is 1. The quantitative estimate of drug-likeness (QED) is 0.741. The third kappa shape index (κ3) is 5.53. The molecule has 112 valence electrons. The Balaban J connectivity index is 2.40. The molecular formula is C15H19N3O3. The number of aliphatic carboxylic acids is 1. The number of carbonyl (C=O) groups is 2. The lowest BCUT2D eigenvalue weighted by Crippen LogP contribution is -2.41. The summed E-state index contributed by atoms with van der Waals surface area (Å²) in [5.41, 5.74) is 1.42. The number of nitrogens with one attached hydrogen (secondary N) is 2. The van der Waals surface area contributed by atoms with Crippen molar-refractivity contribution in [2.45, 2.75) is 20.4 Å². The molecule has 1 aromatic carbocycles. The number of hydrogen-bond acceptors (Lipinski definition) is 3. The van der Waals surface area contributed by atoms with Crippen molar-refractivity contribution in [2.75, 3.05) is 6.54 Å². The van der Waals surface area contributed by atoms with Gasteiger partial charge < -0.3 is 15.7 Å². The minimum atomic E-state index is -0.919. The lowest BCUT2D eigenvalue weighted by atomic mass is 9.96. The second kappa shape index (κ2) is 7.90. The lowest BCUT2D eigenvalue weighted by molar-refractivity contribution is -0.142. The van der Waals surface area contributed by atoms with Gasteiger partial charge in [-0.1, -0.05) is 26.0 Å². The summed E-state index contributed by atoms with van der Waals surface area (Å²) >= 11 is 0. The van der Waals surface area contributed by atoms with E-state index in [2.05, 4.69) is 10.6 Å². The summed E-state index contributed by atoms with van der Waals surface area (Å²) in [6, 6.07) is 8.47. The molecule has 1 aromatic rings. The summed E-state index contributed by atoms with van der Waals surface area (Å²) < 4.78 is 0. The highest BCUT2D eigenvalue weighted by Crippen LogP contribution is 2.09. The molecule has 0 fully saturated rings. The van der Waals surface area contributed by atoms with Gasteiger partial charge in [-0.25, -0.2) is 4.79 Å². The molecule has 1 unspecified atom stereocenters. The molecule has 0 aliphatic heterocycles. The molecule has 0 aliphatic rings. The van der Waals surface area contributed by atoms with Gasteiger partial charge in [0.15, 0.2) is 0 Å². The molecule has 2 amide bonds. The fourth-order valence-corrected chi connectivity index (χ4v) is 1.75. The van der Waals surface area contributed by atoms with Crippen molar-refractivity contribution in [3.8, 4) is 6.07 Å². The zero-order valence-electron chi connectivity index (χ0n) is 12.1. The van der Waals surface area contributed by atoms with Crippen LogP contribution in [0.1, 0.15) is 25.0 Å². The molecule has 0 bridgehead atoms. The smallest absolute Gasteiger partial charge is 0.315 e. The molecule has 0 heterocycles. The summed E-state index contributed by atoms with van der Waals surface area (Å²) in [5.74, 6) is -1.58. The second-order valence-electron chi connectivity index (χ2n) is 5.06. The van der Waals surface area contributed by atoms with Crippen LogP contribution in [0.5, 0.6) is 0 Å². The van der Waals surface area contributed by atoms with Gasteiger partial charge in [-0.2, -0.15) is 5.26 Å². The molecule has 0 aliphatic carbocycles. The van der Waals surface area contributed by atoms with Crippen LogP contribution in [0.2, 0.25) is 0 Å². The number of nitriles is 1. The number of carboxylic acids is 1. The van der Waals surface area contributed by atoms with E-state index in [1.165, 1.54) is 0 Å². The first-order valence-corrected chi connectivity index (χ1v) is 6.67. The van der Waals surface area contributed by atoms with Gasteiger partial charge in [0.1, 0.15) is 0 Å². The number of hydrogen-bond donors (Lipinski definition) is 3. The van der Waals surface area contributed by atoms with Crippen LogP contribution >= 0.6 is 0 Å². The van der Waals surface area contributed by atoms with E-state index < -0.39 is 17.9 Å². The first-order chi connectivity index (χ1) is 9.93. The van der Waals surface area contributed by atoms with E-state index >= 15 is 0 Å². The predicted molar refractivity (Wildman–Crippen MR) is 77.4 cm³/mol. The standard InChI is InChI=1S/C15H19N3O3/c1-10(2)13(14(19)20)9-18-15(21)17-8-12-5-3-11(7-16)4-6-12/h3-6,10,13H,8-9H2,1-2H3,(H,19,20)(H2,17,18,21). The largest absolute Gasteiger partial charge is 0.481 e. The summed E-state index contributed by atoms with van der Waals surface area (Å²) in [6.45, 7) is 4.01. The monoisotopic (exact) mass is 289 g/mol. The molecular weight excluding hydrogens is 270 g/mol. The van der Waals surface area contributed by atoms with Crippen molar-refractivity contribution in [3.63, 3.8) is 0 Å². The van der Waals surface area contributed by atoms with Gasteiger partial charge in [-0.05, 0) is 23.6 Å². The van der Waals surface area contributed by atoms with Gasteiger partial charge in [0, 0.05) is 13.1 Å². The SMILES string of the molecule is CC(C)C(CNC(=O)NCc1ccc(C#N)cc1)C(=O)O. The molecule has 0 spiro atoms. The van der Waals surface area contributed by atoms with Crippen LogP contribution in [0.25, 0.3) is 0 Å². The molecule has 1 rings (SSSR count). The zero-order chi connectivity index (χ0) is 15.8. The van der Waals surface area contributed by atoms with E-state index in [0.717, 1.165) is 5.56 Å². The number of carbonyl (C=O) groups excluding carboxylic acids is 1. The number of carboxylic acid groups (broad SMARTS) is 1. The molecule has 21 heavy (non-hydrogen) atoms. The molecule has 1 atom stereocenters. The van der Waals surface area contributed by atoms with E-state index in [0.29, 0.717) is 12.1 Å². The highest BCUT2D eigenvalue weighted by Gasteiger charge is 2.21. The predicted octanol–water partition coefficient (Wildman–Crippen LogP) is 1.71. The Morgan fingerprint density at radius 2 is 1.86 bits per heavy atom. The summed E-state index contributed by atoms with van der Waals surface area (Å²) in [4.78, 5) is 22.6. The van der Waals surface area contributed by atoms with Gasteiger partial charge in [-0.15, -0.1) is 0 Å². The number of nitrogens with zero attached hydrogens (tertiary/aromatic N) is 1. The Labute approximate surface area is 123 Å². The zero-order valence-corrected chi connectivity index (χ0v) is 12.1. The third-order valence-corrected chi connectivity index (χ3v) is 3.14. The number of urea groups is 1. The average molecular weight is 289 g/mol. The third-order valence-electron chi connectivity index (χ3n) is 3.14. The van der Waals surface area contributed by atoms with Crippen LogP contribution in [-0.2, 0) is 11.3 Å². The maximum absolute atomic E-state index is 11.6. The highest BCUT2D eigenvalue weighted by molar-refractivity contribution is 5.75. The van der Waals surface area contributed by atoms with Crippen molar-refractivity contribution in [1.29, 1.82) is 5.26 Å². The first kappa shape index (κ1) is 16.5. The summed E-state index contributed by atoms with van der Waals surface area (Å²) in [6.07, 6.45) is 0. The Morgan fingerprint density at radius 1 is 1.24 bits per heavy atom. The lowest BCUT2D eigenvalue weighted by Gasteiger charge is -2.17. The number of amides is 2. The van der Waals surface area contributed by atoms with E-state index in [4.69, 9.17) is 10.4 Å². The first-order valence-electron chi connectivity index (χ1n) is 6.67. The van der Waals surface area contributed by atoms with Crippen LogP contribution in [0.4, 0.5) is 4.79 Å². The van der Waals surface area contributed by atoms with Crippen molar-refractivity contribution in [2.24, 2.45) is 11.8 Å². The Kier molecular flexibility index (Phi) is 6.21. The fourth-order valence-electron chi connectivity index (χ4n) is 1.75. The van der Waals surface area contributed by atoms with E-state index in [1.54, 1.807) is 38.1 Å². The van der Waals surface area contributed by atoms with Crippen LogP contribution < -0.4 is 10.6 Å². The summed E-state index contributed by atoms with van der Waals surface area (Å²) in [7, 11) is 0. The van der Waals surface area contributed by atoms with Crippen LogP contribution in [0.3, 0.4) is 0 Å². The molecule has 6 heteroatoms. The molecule has 3 N–H and O–H groups in total. The van der Waals surface area contributed by atoms with E-state index in [1.807, 2.05) is 6.07 Å². The topological polar surface area (TPSA) is 102 Å². The average Bonchev–Trinajstić information content (AvgIpc) is 2.45. The highest BCUT2D eigenvalue weighted by atomic mass is 16.4. The van der Waals surface area contributed by atoms with Crippen molar-refractivity contribution < 1.29 is 14.7 Å². The van der Waals surface area contributed by atoms with E-state index in [-0.39, 0.29) is 12.5 Å².